The minimum Gasteiger partial charge on any atom is -0.493 e. The summed E-state index contributed by atoms with van der Waals surface area (Å²) in [5.74, 6) is 3.18. The molecular weight excluding hydrogens is 483 g/mol. The van der Waals surface area contributed by atoms with E-state index in [0.29, 0.717) is 23.5 Å². The van der Waals surface area contributed by atoms with Crippen molar-refractivity contribution in [1.82, 2.24) is 24.6 Å². The molecule has 4 aliphatic rings. The molecule has 3 aliphatic heterocycles. The number of nitrogens with zero attached hydrogens (tertiary/aromatic N) is 6. The zero-order chi connectivity index (χ0) is 24.4. The van der Waals surface area contributed by atoms with Gasteiger partial charge >= 0.3 is 0 Å². The van der Waals surface area contributed by atoms with Crippen molar-refractivity contribution < 1.29 is 13.9 Å². The molecule has 0 N–H and O–H groups in total. The summed E-state index contributed by atoms with van der Waals surface area (Å²) in [4.78, 5) is 8.91. The van der Waals surface area contributed by atoms with E-state index in [0.717, 1.165) is 81.0 Å². The van der Waals surface area contributed by atoms with Crippen molar-refractivity contribution in [2.24, 2.45) is 5.41 Å². The van der Waals surface area contributed by atoms with Crippen LogP contribution >= 0.6 is 11.6 Å². The maximum Gasteiger partial charge on any atom is 0.171 e. The van der Waals surface area contributed by atoms with Crippen molar-refractivity contribution in [3.05, 3.63) is 58.5 Å². The molecule has 7 rings (SSSR count). The van der Waals surface area contributed by atoms with Crippen LogP contribution in [0.2, 0.25) is 5.02 Å². The molecule has 10 heteroatoms. The highest BCUT2D eigenvalue weighted by Gasteiger charge is 2.55. The van der Waals surface area contributed by atoms with Crippen LogP contribution in [0.1, 0.15) is 42.4 Å². The van der Waals surface area contributed by atoms with Crippen LogP contribution in [0.3, 0.4) is 0 Å². The first-order valence-electron chi connectivity index (χ1n) is 12.5. The lowest BCUT2D eigenvalue weighted by molar-refractivity contribution is 0.0577. The molecule has 1 spiro atoms. The monoisotopic (exact) mass is 510 g/mol. The Balaban J connectivity index is 1.13. The number of anilines is 1. The molecule has 3 fully saturated rings. The van der Waals surface area contributed by atoms with Crippen LogP contribution in [0.25, 0.3) is 5.69 Å². The number of aromatic nitrogens is 4. The molecule has 1 atom stereocenters. The molecule has 36 heavy (non-hydrogen) atoms. The van der Waals surface area contributed by atoms with E-state index < -0.39 is 0 Å². The largest absolute Gasteiger partial charge is 0.493 e. The maximum atomic E-state index is 13.6. The van der Waals surface area contributed by atoms with Gasteiger partial charge in [0.15, 0.2) is 17.4 Å². The van der Waals surface area contributed by atoms with Crippen LogP contribution in [0.5, 0.6) is 5.75 Å². The summed E-state index contributed by atoms with van der Waals surface area (Å²) < 4.78 is 26.9. The molecule has 8 nitrogen and oxygen atoms in total. The van der Waals surface area contributed by atoms with Gasteiger partial charge in [0.05, 0.1) is 32.1 Å². The first-order valence-corrected chi connectivity index (χ1v) is 12.9. The third-order valence-electron chi connectivity index (χ3n) is 8.27. The molecule has 5 heterocycles. The van der Waals surface area contributed by atoms with Gasteiger partial charge < -0.3 is 14.4 Å². The molecule has 1 aromatic carbocycles. The predicted molar refractivity (Wildman–Crippen MR) is 132 cm³/mol. The maximum absolute atomic E-state index is 13.6. The lowest BCUT2D eigenvalue weighted by Crippen LogP contribution is -2.62. The van der Waals surface area contributed by atoms with E-state index in [1.807, 2.05) is 6.07 Å². The average molecular weight is 511 g/mol. The van der Waals surface area contributed by atoms with Crippen molar-refractivity contribution in [2.45, 2.75) is 44.3 Å². The standard InChI is InChI=1S/C26H28ClFN6O2/c1-35-22-7-19(28)10-29-25(22)33-14-26(15-33)8-17(9-26)24-31-30-23-12-32(20-4-5-36-13-20)11-16-6-18(27)2-3-21(16)34(23)24/h2-3,6-7,10,17,20H,4-5,8-9,11-15H2,1H3/t20-/m0/s1. The Hall–Kier alpha value is -2.75. The fourth-order valence-corrected chi connectivity index (χ4v) is 6.72. The second-order valence-electron chi connectivity index (χ2n) is 10.6. The van der Waals surface area contributed by atoms with E-state index >= 15 is 0 Å². The van der Waals surface area contributed by atoms with E-state index in [-0.39, 0.29) is 11.2 Å². The van der Waals surface area contributed by atoms with Crippen LogP contribution in [0.4, 0.5) is 10.2 Å². The van der Waals surface area contributed by atoms with Gasteiger partial charge in [-0.1, -0.05) is 11.6 Å². The highest BCUT2D eigenvalue weighted by molar-refractivity contribution is 6.30. The highest BCUT2D eigenvalue weighted by Crippen LogP contribution is 2.57. The van der Waals surface area contributed by atoms with Crippen molar-refractivity contribution in [3.63, 3.8) is 0 Å². The fourth-order valence-electron chi connectivity index (χ4n) is 6.52. The number of halogens is 2. The van der Waals surface area contributed by atoms with Crippen molar-refractivity contribution in [1.29, 1.82) is 0 Å². The van der Waals surface area contributed by atoms with E-state index in [9.17, 15) is 4.39 Å². The zero-order valence-corrected chi connectivity index (χ0v) is 20.9. The Bertz CT molecular complexity index is 1310. The van der Waals surface area contributed by atoms with Gasteiger partial charge in [0.2, 0.25) is 0 Å². The average Bonchev–Trinajstić information content (AvgIpc) is 3.46. The van der Waals surface area contributed by atoms with Crippen molar-refractivity contribution >= 4 is 17.4 Å². The molecule has 2 saturated heterocycles. The summed E-state index contributed by atoms with van der Waals surface area (Å²) in [6.07, 6.45) is 4.39. The summed E-state index contributed by atoms with van der Waals surface area (Å²) >= 11 is 6.41. The minimum atomic E-state index is -0.386. The Morgan fingerprint density at radius 2 is 2.03 bits per heavy atom. The summed E-state index contributed by atoms with van der Waals surface area (Å²) in [5.41, 5.74) is 2.57. The van der Waals surface area contributed by atoms with Crippen molar-refractivity contribution in [2.75, 3.05) is 38.3 Å². The molecule has 1 saturated carbocycles. The lowest BCUT2D eigenvalue weighted by Gasteiger charge is -2.59. The van der Waals surface area contributed by atoms with Gasteiger partial charge in [-0.2, -0.15) is 0 Å². The predicted octanol–water partition coefficient (Wildman–Crippen LogP) is 3.95. The minimum absolute atomic E-state index is 0.235. The molecule has 0 bridgehead atoms. The van der Waals surface area contributed by atoms with Gasteiger partial charge in [-0.3, -0.25) is 9.47 Å². The molecule has 3 aromatic rings. The van der Waals surface area contributed by atoms with Crippen LogP contribution in [-0.4, -0.2) is 64.1 Å². The number of hydrogen-bond acceptors (Lipinski definition) is 7. The van der Waals surface area contributed by atoms with Gasteiger partial charge in [-0.15, -0.1) is 10.2 Å². The SMILES string of the molecule is COc1cc(F)cnc1N1CC2(CC(c3nnc4n3-c3ccc(Cl)cc3CN([C@H]3CCOC3)C4)C2)C1. The number of benzene rings is 1. The third kappa shape index (κ3) is 3.59. The quantitative estimate of drug-likeness (QED) is 0.526. The molecule has 0 radical (unpaired) electrons. The molecule has 2 aromatic heterocycles. The van der Waals surface area contributed by atoms with Crippen LogP contribution in [-0.2, 0) is 17.8 Å². The summed E-state index contributed by atoms with van der Waals surface area (Å²) in [7, 11) is 1.55. The van der Waals surface area contributed by atoms with E-state index in [2.05, 4.69) is 36.6 Å². The lowest BCUT2D eigenvalue weighted by atomic mass is 9.57. The second-order valence-corrected chi connectivity index (χ2v) is 11.1. The fraction of sp³-hybridized carbons (Fsp3) is 0.500. The van der Waals surface area contributed by atoms with E-state index in [4.69, 9.17) is 26.2 Å². The summed E-state index contributed by atoms with van der Waals surface area (Å²) in [5, 5.41) is 10.1. The summed E-state index contributed by atoms with van der Waals surface area (Å²) in [6, 6.07) is 7.92. The van der Waals surface area contributed by atoms with Crippen LogP contribution < -0.4 is 9.64 Å². The topological polar surface area (TPSA) is 68.5 Å². The third-order valence-corrected chi connectivity index (χ3v) is 8.51. The molecule has 1 aliphatic carbocycles. The first-order chi connectivity index (χ1) is 17.5. The van der Waals surface area contributed by atoms with Gasteiger partial charge in [0.1, 0.15) is 11.6 Å². The van der Waals surface area contributed by atoms with Gasteiger partial charge in [0.25, 0.3) is 0 Å². The second kappa shape index (κ2) is 8.39. The Morgan fingerprint density at radius 1 is 1.17 bits per heavy atom. The number of pyridine rings is 1. The highest BCUT2D eigenvalue weighted by atomic mass is 35.5. The van der Waals surface area contributed by atoms with Gasteiger partial charge in [-0.05, 0) is 43.0 Å². The molecule has 0 amide bonds. The first kappa shape index (κ1) is 22.4. The summed E-state index contributed by atoms with van der Waals surface area (Å²) in [6.45, 7) is 4.91. The van der Waals surface area contributed by atoms with Crippen LogP contribution in [0.15, 0.2) is 30.5 Å². The van der Waals surface area contributed by atoms with E-state index in [1.165, 1.54) is 17.8 Å². The Kier molecular flexibility index (Phi) is 5.23. The molecule has 0 unspecified atom stereocenters. The number of hydrogen-bond donors (Lipinski definition) is 0. The van der Waals surface area contributed by atoms with Gasteiger partial charge in [-0.25, -0.2) is 9.37 Å². The number of fused-ring (bicyclic) bond motifs is 3. The van der Waals surface area contributed by atoms with Crippen molar-refractivity contribution in [3.8, 4) is 11.4 Å². The Labute approximate surface area is 214 Å². The molecule has 188 valence electrons. The Morgan fingerprint density at radius 3 is 2.81 bits per heavy atom. The normalized spacial score (nSPS) is 23.1. The number of methoxy groups -OCH3 is 1. The number of rotatable bonds is 4. The smallest absolute Gasteiger partial charge is 0.171 e. The van der Waals surface area contributed by atoms with E-state index in [1.54, 1.807) is 7.11 Å². The molecular formula is C26H28ClFN6O2. The zero-order valence-electron chi connectivity index (χ0n) is 20.2. The van der Waals surface area contributed by atoms with Gasteiger partial charge in [0, 0.05) is 54.7 Å². The van der Waals surface area contributed by atoms with Crippen LogP contribution in [0, 0.1) is 11.2 Å². The number of ether oxygens (including phenoxy) is 2.